The quantitative estimate of drug-likeness (QED) is 0.261. The van der Waals surface area contributed by atoms with Gasteiger partial charge in [-0.05, 0) is 36.8 Å². The van der Waals surface area contributed by atoms with Crippen LogP contribution in [0.3, 0.4) is 0 Å². The number of aryl methyl sites for hydroxylation is 1. The van der Waals surface area contributed by atoms with E-state index in [9.17, 15) is 4.79 Å². The van der Waals surface area contributed by atoms with Crippen LogP contribution in [0.5, 0.6) is 0 Å². The molecule has 0 aliphatic carbocycles. The lowest BCUT2D eigenvalue weighted by Gasteiger charge is -2.22. The van der Waals surface area contributed by atoms with E-state index >= 15 is 0 Å². The monoisotopic (exact) mass is 505 g/mol. The predicted octanol–water partition coefficient (Wildman–Crippen LogP) is 5.30. The molecule has 5 rings (SSSR count). The average molecular weight is 506 g/mol. The number of carbonyl (C=O) groups is 1. The van der Waals surface area contributed by atoms with Crippen LogP contribution in [0.4, 0.5) is 22.2 Å². The lowest BCUT2D eigenvalue weighted by atomic mass is 10.0. The van der Waals surface area contributed by atoms with Crippen molar-refractivity contribution in [2.45, 2.75) is 20.4 Å². The Morgan fingerprint density at radius 2 is 1.63 bits per heavy atom. The Morgan fingerprint density at radius 3 is 2.34 bits per heavy atom. The number of hydrogen-bond acceptors (Lipinski definition) is 7. The van der Waals surface area contributed by atoms with Crippen LogP contribution >= 0.6 is 0 Å². The van der Waals surface area contributed by atoms with Crippen molar-refractivity contribution in [2.75, 3.05) is 22.1 Å². The van der Waals surface area contributed by atoms with Crippen LogP contribution in [0.25, 0.3) is 22.6 Å². The zero-order valence-corrected chi connectivity index (χ0v) is 21.1. The molecule has 0 saturated heterocycles. The fraction of sp³-hybridized carbons (Fsp3) is 0.143. The molecule has 0 spiro atoms. The highest BCUT2D eigenvalue weighted by molar-refractivity contribution is 5.99. The number of aromatic amines is 1. The van der Waals surface area contributed by atoms with Crippen LogP contribution < -0.4 is 15.5 Å². The van der Waals surface area contributed by atoms with E-state index in [1.54, 1.807) is 6.07 Å². The van der Waals surface area contributed by atoms with Crippen molar-refractivity contribution in [1.29, 1.82) is 0 Å². The van der Waals surface area contributed by atoms with Gasteiger partial charge in [-0.2, -0.15) is 10.2 Å². The van der Waals surface area contributed by atoms with Gasteiger partial charge in [-0.1, -0.05) is 72.3 Å². The molecule has 2 aromatic heterocycles. The van der Waals surface area contributed by atoms with E-state index in [0.717, 1.165) is 22.3 Å². The highest BCUT2D eigenvalue weighted by Gasteiger charge is 2.18. The topological polar surface area (TPSA) is 125 Å². The molecule has 190 valence electrons. The van der Waals surface area contributed by atoms with E-state index in [1.807, 2.05) is 80.6 Å². The van der Waals surface area contributed by atoms with Gasteiger partial charge in [0.05, 0.1) is 5.69 Å². The lowest BCUT2D eigenvalue weighted by Crippen LogP contribution is -2.26. The number of amides is 2. The van der Waals surface area contributed by atoms with E-state index in [-0.39, 0.29) is 0 Å². The first kappa shape index (κ1) is 24.6. The minimum atomic E-state index is -0.401. The second-order valence-electron chi connectivity index (χ2n) is 8.66. The van der Waals surface area contributed by atoms with E-state index in [2.05, 4.69) is 48.3 Å². The number of hydrogen-bond donors (Lipinski definition) is 3. The second kappa shape index (κ2) is 11.3. The summed E-state index contributed by atoms with van der Waals surface area (Å²) in [5, 5.41) is 20.2. The van der Waals surface area contributed by atoms with Crippen LogP contribution in [0.15, 0.2) is 84.9 Å². The van der Waals surface area contributed by atoms with Crippen molar-refractivity contribution in [3.63, 3.8) is 0 Å². The molecule has 0 aliphatic heterocycles. The molecule has 0 aliphatic rings. The molecule has 10 heteroatoms. The van der Waals surface area contributed by atoms with Gasteiger partial charge < -0.3 is 10.2 Å². The molecule has 38 heavy (non-hydrogen) atoms. The van der Waals surface area contributed by atoms with Crippen molar-refractivity contribution < 1.29 is 4.79 Å². The number of carbonyl (C=O) groups excluding carboxylic acids is 1. The van der Waals surface area contributed by atoms with Crippen molar-refractivity contribution in [3.05, 3.63) is 96.1 Å². The molecular weight excluding hydrogens is 478 g/mol. The van der Waals surface area contributed by atoms with Crippen molar-refractivity contribution in [3.8, 4) is 22.6 Å². The van der Waals surface area contributed by atoms with E-state index in [0.29, 0.717) is 42.1 Å². The molecule has 0 fully saturated rings. The first-order valence-electron chi connectivity index (χ1n) is 12.2. The Kier molecular flexibility index (Phi) is 7.30. The first-order chi connectivity index (χ1) is 18.6. The average Bonchev–Trinajstić information content (AvgIpc) is 3.48. The SMILES string of the molecule is CCN(Cc1ccccc1)c1nc(NC(=O)Nc2ccc(C)cc2)cc(-c2ccccc2-c2nn[nH]n2)n1. The third-order valence-electron chi connectivity index (χ3n) is 5.94. The van der Waals surface area contributed by atoms with Gasteiger partial charge in [0.15, 0.2) is 0 Å². The zero-order valence-electron chi connectivity index (χ0n) is 21.1. The molecule has 2 heterocycles. The number of urea groups is 1. The highest BCUT2D eigenvalue weighted by atomic mass is 16.2. The fourth-order valence-electron chi connectivity index (χ4n) is 4.00. The van der Waals surface area contributed by atoms with E-state index in [1.165, 1.54) is 0 Å². The molecule has 0 atom stereocenters. The summed E-state index contributed by atoms with van der Waals surface area (Å²) in [5.41, 5.74) is 5.08. The standard InChI is InChI=1S/C28H27N9O/c1-3-37(18-20-9-5-4-6-10-20)27-30-24(22-11-7-8-12-23(22)26-33-35-36-34-26)17-25(31-27)32-28(38)29-21-15-13-19(2)14-16-21/h4-17H,3,18H2,1-2H3,(H,33,34,35,36)(H2,29,30,31,32,38). The van der Waals surface area contributed by atoms with Gasteiger partial charge in [0.2, 0.25) is 11.8 Å². The first-order valence-corrected chi connectivity index (χ1v) is 12.2. The van der Waals surface area contributed by atoms with Crippen LogP contribution in [0.2, 0.25) is 0 Å². The van der Waals surface area contributed by atoms with Gasteiger partial charge >= 0.3 is 6.03 Å². The maximum absolute atomic E-state index is 12.9. The van der Waals surface area contributed by atoms with Gasteiger partial charge in [-0.15, -0.1) is 10.2 Å². The maximum Gasteiger partial charge on any atom is 0.324 e. The predicted molar refractivity (Wildman–Crippen MR) is 148 cm³/mol. The minimum absolute atomic E-state index is 0.365. The number of nitrogens with zero attached hydrogens (tertiary/aromatic N) is 6. The van der Waals surface area contributed by atoms with E-state index < -0.39 is 6.03 Å². The Morgan fingerprint density at radius 1 is 0.895 bits per heavy atom. The van der Waals surface area contributed by atoms with Crippen LogP contribution in [-0.4, -0.2) is 43.2 Å². The molecule has 3 N–H and O–H groups in total. The maximum atomic E-state index is 12.9. The summed E-state index contributed by atoms with van der Waals surface area (Å²) in [6, 6.07) is 26.7. The molecule has 2 amide bonds. The lowest BCUT2D eigenvalue weighted by molar-refractivity contribution is 0.262. The van der Waals surface area contributed by atoms with Gasteiger partial charge in [0.1, 0.15) is 5.82 Å². The summed E-state index contributed by atoms with van der Waals surface area (Å²) in [6.07, 6.45) is 0. The van der Waals surface area contributed by atoms with Gasteiger partial charge in [0.25, 0.3) is 0 Å². The third-order valence-corrected chi connectivity index (χ3v) is 5.94. The molecule has 10 nitrogen and oxygen atoms in total. The van der Waals surface area contributed by atoms with E-state index in [4.69, 9.17) is 9.97 Å². The summed E-state index contributed by atoms with van der Waals surface area (Å²) in [5.74, 6) is 1.30. The molecule has 5 aromatic rings. The number of anilines is 3. The molecule has 3 aromatic carbocycles. The molecule has 0 radical (unpaired) electrons. The zero-order chi connectivity index (χ0) is 26.3. The molecule has 0 bridgehead atoms. The Balaban J connectivity index is 1.52. The van der Waals surface area contributed by atoms with Crippen molar-refractivity contribution in [2.24, 2.45) is 0 Å². The third kappa shape index (κ3) is 5.81. The summed E-state index contributed by atoms with van der Waals surface area (Å²) in [4.78, 5) is 24.5. The van der Waals surface area contributed by atoms with Crippen molar-refractivity contribution in [1.82, 2.24) is 30.6 Å². The fourth-order valence-corrected chi connectivity index (χ4v) is 4.00. The second-order valence-corrected chi connectivity index (χ2v) is 8.66. The van der Waals surface area contributed by atoms with Crippen LogP contribution in [0.1, 0.15) is 18.1 Å². The Labute approximate surface area is 220 Å². The number of nitrogens with one attached hydrogen (secondary N) is 3. The van der Waals surface area contributed by atoms with Crippen LogP contribution in [0, 0.1) is 6.92 Å². The van der Waals surface area contributed by atoms with Gasteiger partial charge in [-0.25, -0.2) is 9.78 Å². The van der Waals surface area contributed by atoms with Gasteiger partial charge in [0, 0.05) is 36.0 Å². The normalized spacial score (nSPS) is 10.7. The molecule has 0 saturated carbocycles. The van der Waals surface area contributed by atoms with Gasteiger partial charge in [-0.3, -0.25) is 5.32 Å². The van der Waals surface area contributed by atoms with Crippen molar-refractivity contribution >= 4 is 23.5 Å². The number of H-pyrrole nitrogens is 1. The molecular formula is C28H27N9O. The smallest absolute Gasteiger partial charge is 0.324 e. The Bertz CT molecular complexity index is 1500. The summed E-state index contributed by atoms with van der Waals surface area (Å²) in [6.45, 7) is 5.32. The Hall–Kier alpha value is -5.12. The van der Waals surface area contributed by atoms with Crippen LogP contribution in [-0.2, 0) is 6.54 Å². The number of benzene rings is 3. The highest BCUT2D eigenvalue weighted by Crippen LogP contribution is 2.31. The number of rotatable bonds is 8. The summed E-state index contributed by atoms with van der Waals surface area (Å²) < 4.78 is 0. The molecule has 0 unspecified atom stereocenters. The largest absolute Gasteiger partial charge is 0.337 e. The minimum Gasteiger partial charge on any atom is -0.337 e. The number of tetrazole rings is 1. The summed E-state index contributed by atoms with van der Waals surface area (Å²) >= 11 is 0. The number of aromatic nitrogens is 6. The summed E-state index contributed by atoms with van der Waals surface area (Å²) in [7, 11) is 0.